The van der Waals surface area contributed by atoms with Gasteiger partial charge in [-0.1, -0.05) is 91.0 Å². The molecule has 0 amide bonds. The summed E-state index contributed by atoms with van der Waals surface area (Å²) in [6.45, 7) is 1.40. The van der Waals surface area contributed by atoms with Crippen molar-refractivity contribution in [2.45, 2.75) is 12.5 Å². The molecule has 5 rings (SSSR count). The van der Waals surface area contributed by atoms with Crippen LogP contribution in [0.3, 0.4) is 0 Å². The maximum atomic E-state index is 6.14. The fraction of sp³-hybridized carbons (Fsp3) is 0.143. The van der Waals surface area contributed by atoms with E-state index in [0.717, 1.165) is 24.3 Å². The van der Waals surface area contributed by atoms with Crippen molar-refractivity contribution in [1.82, 2.24) is 0 Å². The summed E-state index contributed by atoms with van der Waals surface area (Å²) in [5.41, 5.74) is 7.36. The Morgan fingerprint density at radius 2 is 1.40 bits per heavy atom. The maximum absolute atomic E-state index is 6.14. The number of epoxide rings is 1. The summed E-state index contributed by atoms with van der Waals surface area (Å²) in [5, 5.41) is 0. The fourth-order valence-corrected chi connectivity index (χ4v) is 3.77. The third-order valence-electron chi connectivity index (χ3n) is 5.46. The molecule has 148 valence electrons. The zero-order valence-corrected chi connectivity index (χ0v) is 16.8. The summed E-state index contributed by atoms with van der Waals surface area (Å²) < 4.78 is 11.5. The molecule has 1 saturated heterocycles. The molecule has 30 heavy (non-hydrogen) atoms. The molecule has 1 atom stereocenters. The third-order valence-corrected chi connectivity index (χ3v) is 5.46. The monoisotopic (exact) mass is 392 g/mol. The maximum Gasteiger partial charge on any atom is 0.127 e. The normalized spacial score (nSPS) is 15.0. The van der Waals surface area contributed by atoms with Gasteiger partial charge in [-0.15, -0.1) is 0 Å². The molecule has 0 aromatic heterocycles. The zero-order chi connectivity index (χ0) is 20.2. The predicted octanol–water partition coefficient (Wildman–Crippen LogP) is 6.39. The van der Waals surface area contributed by atoms with Crippen LogP contribution in [0.15, 0.2) is 103 Å². The topological polar surface area (TPSA) is 21.8 Å². The summed E-state index contributed by atoms with van der Waals surface area (Å²) in [4.78, 5) is 0. The van der Waals surface area contributed by atoms with E-state index in [-0.39, 0.29) is 6.10 Å². The lowest BCUT2D eigenvalue weighted by molar-refractivity contribution is 0.264. The van der Waals surface area contributed by atoms with Gasteiger partial charge < -0.3 is 9.47 Å². The van der Waals surface area contributed by atoms with Crippen LogP contribution >= 0.6 is 0 Å². The molecular weight excluding hydrogens is 368 g/mol. The number of rotatable bonds is 7. The predicted molar refractivity (Wildman–Crippen MR) is 122 cm³/mol. The molecule has 0 saturated carbocycles. The zero-order valence-electron chi connectivity index (χ0n) is 16.8. The Morgan fingerprint density at radius 1 is 0.700 bits per heavy atom. The van der Waals surface area contributed by atoms with Crippen LogP contribution in [-0.4, -0.2) is 19.3 Å². The van der Waals surface area contributed by atoms with E-state index < -0.39 is 0 Å². The van der Waals surface area contributed by atoms with Crippen LogP contribution in [0.2, 0.25) is 0 Å². The van der Waals surface area contributed by atoms with Crippen LogP contribution in [0.25, 0.3) is 22.3 Å². The van der Waals surface area contributed by atoms with Gasteiger partial charge in [0.25, 0.3) is 0 Å². The van der Waals surface area contributed by atoms with Crippen LogP contribution in [0.1, 0.15) is 11.1 Å². The second-order valence-corrected chi connectivity index (χ2v) is 7.66. The fourth-order valence-electron chi connectivity index (χ4n) is 3.77. The van der Waals surface area contributed by atoms with Crippen molar-refractivity contribution in [2.75, 3.05) is 13.2 Å². The van der Waals surface area contributed by atoms with Crippen LogP contribution in [0.4, 0.5) is 0 Å². The summed E-state index contributed by atoms with van der Waals surface area (Å²) in [7, 11) is 0. The van der Waals surface area contributed by atoms with Crippen molar-refractivity contribution in [1.29, 1.82) is 0 Å². The van der Waals surface area contributed by atoms with Crippen LogP contribution in [0.5, 0.6) is 5.75 Å². The Morgan fingerprint density at radius 3 is 2.17 bits per heavy atom. The Labute approximate surface area is 177 Å². The number of benzene rings is 4. The Bertz CT molecular complexity index is 1120. The van der Waals surface area contributed by atoms with E-state index in [1.54, 1.807) is 0 Å². The van der Waals surface area contributed by atoms with Crippen LogP contribution in [-0.2, 0) is 11.2 Å². The average Bonchev–Trinajstić information content (AvgIpc) is 3.64. The lowest BCUT2D eigenvalue weighted by Gasteiger charge is -2.16. The summed E-state index contributed by atoms with van der Waals surface area (Å²) in [5.74, 6) is 0.910. The molecule has 1 heterocycles. The van der Waals surface area contributed by atoms with Gasteiger partial charge >= 0.3 is 0 Å². The van der Waals surface area contributed by atoms with Gasteiger partial charge in [-0.2, -0.15) is 0 Å². The van der Waals surface area contributed by atoms with Crippen molar-refractivity contribution in [2.24, 2.45) is 0 Å². The molecule has 4 aromatic rings. The molecule has 0 bridgehead atoms. The van der Waals surface area contributed by atoms with Gasteiger partial charge in [-0.3, -0.25) is 0 Å². The van der Waals surface area contributed by atoms with E-state index in [9.17, 15) is 0 Å². The molecule has 1 aliphatic heterocycles. The van der Waals surface area contributed by atoms with Gasteiger partial charge in [-0.05, 0) is 46.4 Å². The Hall–Kier alpha value is -3.36. The van der Waals surface area contributed by atoms with Gasteiger partial charge in [0.2, 0.25) is 0 Å². The van der Waals surface area contributed by atoms with Gasteiger partial charge in [-0.25, -0.2) is 0 Å². The highest BCUT2D eigenvalue weighted by atomic mass is 16.6. The minimum Gasteiger partial charge on any atom is -0.490 e. The van der Waals surface area contributed by atoms with E-state index in [0.29, 0.717) is 6.61 Å². The molecule has 0 radical (unpaired) electrons. The summed E-state index contributed by atoms with van der Waals surface area (Å²) >= 11 is 0. The van der Waals surface area contributed by atoms with Crippen molar-refractivity contribution in [3.8, 4) is 28.0 Å². The second-order valence-electron chi connectivity index (χ2n) is 7.66. The first-order chi connectivity index (χ1) is 14.9. The highest BCUT2D eigenvalue weighted by Crippen LogP contribution is 2.36. The highest BCUT2D eigenvalue weighted by Gasteiger charge is 2.24. The molecule has 2 nitrogen and oxygen atoms in total. The SMILES string of the molecule is c1ccc(Cc2ccc(-c3ccccc3)cc2-c2ccccc2OCC2CO2)cc1. The first kappa shape index (κ1) is 18.7. The minimum absolute atomic E-state index is 0.234. The molecule has 0 aliphatic carbocycles. The van der Waals surface area contributed by atoms with Gasteiger partial charge in [0.15, 0.2) is 0 Å². The van der Waals surface area contributed by atoms with Gasteiger partial charge in [0.1, 0.15) is 18.5 Å². The van der Waals surface area contributed by atoms with Crippen molar-refractivity contribution >= 4 is 0 Å². The molecule has 2 heteroatoms. The van der Waals surface area contributed by atoms with E-state index >= 15 is 0 Å². The first-order valence-corrected chi connectivity index (χ1v) is 10.4. The number of hydrogen-bond donors (Lipinski definition) is 0. The Kier molecular flexibility index (Phi) is 5.32. The minimum atomic E-state index is 0.234. The third kappa shape index (κ3) is 4.29. The quantitative estimate of drug-likeness (QED) is 0.340. The second kappa shape index (κ2) is 8.56. The highest BCUT2D eigenvalue weighted by molar-refractivity contribution is 5.79. The van der Waals surface area contributed by atoms with Gasteiger partial charge in [0.05, 0.1) is 6.61 Å². The van der Waals surface area contributed by atoms with Crippen molar-refractivity contribution in [3.63, 3.8) is 0 Å². The smallest absolute Gasteiger partial charge is 0.127 e. The molecule has 1 aliphatic rings. The first-order valence-electron chi connectivity index (χ1n) is 10.4. The van der Waals surface area contributed by atoms with Gasteiger partial charge in [0, 0.05) is 5.56 Å². The largest absolute Gasteiger partial charge is 0.490 e. The van der Waals surface area contributed by atoms with Crippen molar-refractivity contribution in [3.05, 3.63) is 114 Å². The molecule has 0 N–H and O–H groups in total. The molecule has 0 spiro atoms. The Balaban J connectivity index is 1.58. The number of ether oxygens (including phenoxy) is 2. The van der Waals surface area contributed by atoms with Crippen LogP contribution < -0.4 is 4.74 Å². The van der Waals surface area contributed by atoms with Crippen molar-refractivity contribution < 1.29 is 9.47 Å². The van der Waals surface area contributed by atoms with E-state index in [1.807, 2.05) is 6.07 Å². The number of para-hydroxylation sites is 1. The van der Waals surface area contributed by atoms with E-state index in [1.165, 1.54) is 27.8 Å². The van der Waals surface area contributed by atoms with E-state index in [2.05, 4.69) is 97.1 Å². The van der Waals surface area contributed by atoms with E-state index in [4.69, 9.17) is 9.47 Å². The molecule has 4 aromatic carbocycles. The summed E-state index contributed by atoms with van der Waals surface area (Å²) in [6, 6.07) is 36.2. The number of hydrogen-bond acceptors (Lipinski definition) is 2. The lowest BCUT2D eigenvalue weighted by Crippen LogP contribution is -2.05. The lowest BCUT2D eigenvalue weighted by atomic mass is 9.91. The average molecular weight is 392 g/mol. The molecule has 1 unspecified atom stereocenters. The van der Waals surface area contributed by atoms with Crippen LogP contribution in [0, 0.1) is 0 Å². The summed E-state index contributed by atoms with van der Waals surface area (Å²) in [6.07, 6.45) is 1.11. The molecule has 1 fully saturated rings. The standard InChI is InChI=1S/C28H24O2/c1-3-9-21(10-4-1)17-24-16-15-23(22-11-5-2-6-12-22)18-27(24)26-13-7-8-14-28(26)30-20-25-19-29-25/h1-16,18,25H,17,19-20H2. The molecular formula is C28H24O2.